The second-order valence-electron chi connectivity index (χ2n) is 5.98. The molecule has 2 heterocycles. The summed E-state index contributed by atoms with van der Waals surface area (Å²) in [6.45, 7) is 2.87. The summed E-state index contributed by atoms with van der Waals surface area (Å²) < 4.78 is 16.5. The highest BCUT2D eigenvalue weighted by atomic mass is 16.5. The van der Waals surface area contributed by atoms with Gasteiger partial charge in [0, 0.05) is 31.6 Å². The first-order valence-electron chi connectivity index (χ1n) is 8.83. The van der Waals surface area contributed by atoms with E-state index in [1.807, 2.05) is 0 Å². The number of aryl methyl sites for hydroxylation is 1. The number of nitriles is 1. The Labute approximate surface area is 168 Å². The largest absolute Gasteiger partial charge is 0.475 e. The Balaban J connectivity index is 1.94. The van der Waals surface area contributed by atoms with Crippen LogP contribution in [0.5, 0.6) is 17.5 Å². The molecule has 0 amide bonds. The molecule has 9 nitrogen and oxygen atoms in total. The van der Waals surface area contributed by atoms with Crippen LogP contribution >= 0.6 is 0 Å². The number of aromatic nitrogens is 4. The lowest BCUT2D eigenvalue weighted by molar-refractivity contribution is 0.143. The Bertz CT molecular complexity index is 1020. The maximum Gasteiger partial charge on any atom is 0.226 e. The van der Waals surface area contributed by atoms with E-state index in [0.29, 0.717) is 54.2 Å². The predicted molar refractivity (Wildman–Crippen MR) is 104 cm³/mol. The molecule has 0 unspecified atom stereocenters. The molecule has 3 aromatic rings. The molecular formula is C20H20N6O3. The van der Waals surface area contributed by atoms with Gasteiger partial charge in [-0.2, -0.15) is 15.2 Å². The molecule has 0 saturated heterocycles. The van der Waals surface area contributed by atoms with Crippen LogP contribution in [0.4, 0.5) is 0 Å². The van der Waals surface area contributed by atoms with Crippen molar-refractivity contribution < 1.29 is 14.2 Å². The number of hydrogen-bond donors (Lipinski definition) is 1. The van der Waals surface area contributed by atoms with Crippen LogP contribution in [0.1, 0.15) is 17.0 Å². The van der Waals surface area contributed by atoms with Crippen molar-refractivity contribution in [2.24, 2.45) is 5.73 Å². The Morgan fingerprint density at radius 3 is 2.52 bits per heavy atom. The van der Waals surface area contributed by atoms with Crippen LogP contribution in [0.3, 0.4) is 0 Å². The number of benzene rings is 1. The highest BCUT2D eigenvalue weighted by molar-refractivity contribution is 5.66. The summed E-state index contributed by atoms with van der Waals surface area (Å²) in [6, 6.07) is 8.69. The summed E-state index contributed by atoms with van der Waals surface area (Å²) in [5.74, 6) is 1.97. The first-order valence-corrected chi connectivity index (χ1v) is 8.83. The Morgan fingerprint density at radius 1 is 1.07 bits per heavy atom. The summed E-state index contributed by atoms with van der Waals surface area (Å²) in [4.78, 5) is 17.2. The molecule has 9 heteroatoms. The minimum Gasteiger partial charge on any atom is -0.475 e. The number of nitrogens with two attached hydrogens (primary N) is 1. The van der Waals surface area contributed by atoms with Crippen molar-refractivity contribution in [2.45, 2.75) is 13.5 Å². The molecule has 0 atom stereocenters. The average molecular weight is 392 g/mol. The van der Waals surface area contributed by atoms with E-state index in [-0.39, 0.29) is 5.88 Å². The zero-order chi connectivity index (χ0) is 20.6. The van der Waals surface area contributed by atoms with E-state index in [9.17, 15) is 5.26 Å². The van der Waals surface area contributed by atoms with Gasteiger partial charge in [0.15, 0.2) is 5.82 Å². The summed E-state index contributed by atoms with van der Waals surface area (Å²) in [5, 5.41) is 9.26. The van der Waals surface area contributed by atoms with Crippen LogP contribution in [-0.2, 0) is 11.3 Å². The fourth-order valence-corrected chi connectivity index (χ4v) is 2.44. The zero-order valence-corrected chi connectivity index (χ0v) is 16.1. The molecule has 0 radical (unpaired) electrons. The predicted octanol–water partition coefficient (Wildman–Crippen LogP) is 2.39. The number of ether oxygens (including phenoxy) is 3. The molecule has 0 bridgehead atoms. The number of hydrogen-bond acceptors (Lipinski definition) is 9. The fourth-order valence-electron chi connectivity index (χ4n) is 2.44. The molecule has 0 saturated carbocycles. The van der Waals surface area contributed by atoms with Gasteiger partial charge in [0.2, 0.25) is 11.8 Å². The molecule has 3 rings (SSSR count). The molecule has 2 N–H and O–H groups in total. The van der Waals surface area contributed by atoms with E-state index < -0.39 is 0 Å². The second kappa shape index (κ2) is 9.54. The minimum atomic E-state index is 0.278. The van der Waals surface area contributed by atoms with Gasteiger partial charge in [-0.15, -0.1) is 0 Å². The molecule has 0 aliphatic heterocycles. The lowest BCUT2D eigenvalue weighted by Crippen LogP contribution is -2.06. The topological polar surface area (TPSA) is 129 Å². The van der Waals surface area contributed by atoms with E-state index in [1.54, 1.807) is 50.7 Å². The number of rotatable bonds is 8. The maximum atomic E-state index is 9.26. The minimum absolute atomic E-state index is 0.278. The summed E-state index contributed by atoms with van der Waals surface area (Å²) in [7, 11) is 1.59. The Hall–Kier alpha value is -3.61. The maximum absolute atomic E-state index is 9.26. The third-order valence-electron chi connectivity index (χ3n) is 3.84. The van der Waals surface area contributed by atoms with E-state index in [0.717, 1.165) is 5.56 Å². The third kappa shape index (κ3) is 5.22. The zero-order valence-electron chi connectivity index (χ0n) is 16.1. The van der Waals surface area contributed by atoms with Crippen molar-refractivity contribution in [3.05, 3.63) is 53.6 Å². The summed E-state index contributed by atoms with van der Waals surface area (Å²) >= 11 is 0. The highest BCUT2D eigenvalue weighted by Crippen LogP contribution is 2.32. The van der Waals surface area contributed by atoms with Gasteiger partial charge in [0.05, 0.1) is 29.9 Å². The lowest BCUT2D eigenvalue weighted by atomic mass is 10.1. The Kier molecular flexibility index (Phi) is 6.63. The fraction of sp³-hybridized carbons (Fsp3) is 0.250. The van der Waals surface area contributed by atoms with Gasteiger partial charge < -0.3 is 19.9 Å². The van der Waals surface area contributed by atoms with Crippen LogP contribution < -0.4 is 15.2 Å². The van der Waals surface area contributed by atoms with Crippen LogP contribution in [0, 0.1) is 18.3 Å². The van der Waals surface area contributed by atoms with Gasteiger partial charge in [0.1, 0.15) is 18.2 Å². The molecule has 29 heavy (non-hydrogen) atoms. The van der Waals surface area contributed by atoms with Crippen molar-refractivity contribution >= 4 is 0 Å². The van der Waals surface area contributed by atoms with E-state index in [4.69, 9.17) is 19.9 Å². The van der Waals surface area contributed by atoms with Crippen LogP contribution in [-0.4, -0.2) is 40.3 Å². The molecule has 0 aliphatic carbocycles. The molecule has 2 aromatic heterocycles. The second-order valence-corrected chi connectivity index (χ2v) is 5.98. The molecule has 0 aliphatic rings. The van der Waals surface area contributed by atoms with Crippen LogP contribution in [0.2, 0.25) is 0 Å². The van der Waals surface area contributed by atoms with E-state index in [2.05, 4.69) is 26.0 Å². The first kappa shape index (κ1) is 20.1. The van der Waals surface area contributed by atoms with Crippen molar-refractivity contribution in [3.8, 4) is 35.0 Å². The Morgan fingerprint density at radius 2 is 1.83 bits per heavy atom. The van der Waals surface area contributed by atoms with Gasteiger partial charge in [-0.1, -0.05) is 0 Å². The van der Waals surface area contributed by atoms with E-state index >= 15 is 0 Å². The van der Waals surface area contributed by atoms with Gasteiger partial charge in [0.25, 0.3) is 0 Å². The van der Waals surface area contributed by atoms with Crippen LogP contribution in [0.15, 0.2) is 36.7 Å². The third-order valence-corrected chi connectivity index (χ3v) is 3.84. The van der Waals surface area contributed by atoms with Crippen molar-refractivity contribution in [3.63, 3.8) is 0 Å². The van der Waals surface area contributed by atoms with Crippen molar-refractivity contribution in [1.82, 2.24) is 19.9 Å². The first-order chi connectivity index (χ1) is 14.1. The monoisotopic (exact) mass is 392 g/mol. The van der Waals surface area contributed by atoms with E-state index in [1.165, 1.54) is 0 Å². The molecular weight excluding hydrogens is 372 g/mol. The molecule has 1 aromatic carbocycles. The standard InChI is InChI=1S/C20H20N6O3/c1-13-25-18(28-6-5-27-2)8-19(26-13)29-17-7-14(9-21)3-4-16(17)20-23-11-15(10-22)12-24-20/h3-4,7-8,11-12H,5-6,10,22H2,1-2H3. The average Bonchev–Trinajstić information content (AvgIpc) is 2.73. The van der Waals surface area contributed by atoms with Gasteiger partial charge in [-0.3, -0.25) is 0 Å². The van der Waals surface area contributed by atoms with Crippen molar-refractivity contribution in [1.29, 1.82) is 5.26 Å². The normalized spacial score (nSPS) is 10.4. The lowest BCUT2D eigenvalue weighted by Gasteiger charge is -2.12. The summed E-state index contributed by atoms with van der Waals surface area (Å²) in [5.41, 5.74) is 7.47. The molecule has 148 valence electrons. The summed E-state index contributed by atoms with van der Waals surface area (Å²) in [6.07, 6.45) is 3.31. The SMILES string of the molecule is COCCOc1cc(Oc2cc(C#N)ccc2-c2ncc(CN)cn2)nc(C)n1. The van der Waals surface area contributed by atoms with Crippen LogP contribution in [0.25, 0.3) is 11.4 Å². The smallest absolute Gasteiger partial charge is 0.226 e. The molecule has 0 spiro atoms. The number of methoxy groups -OCH3 is 1. The van der Waals surface area contributed by atoms with Gasteiger partial charge in [-0.05, 0) is 25.1 Å². The number of nitrogens with zero attached hydrogens (tertiary/aromatic N) is 5. The quantitative estimate of drug-likeness (QED) is 0.574. The van der Waals surface area contributed by atoms with Gasteiger partial charge >= 0.3 is 0 Å². The highest BCUT2D eigenvalue weighted by Gasteiger charge is 2.14. The molecule has 0 fully saturated rings. The van der Waals surface area contributed by atoms with Gasteiger partial charge in [-0.25, -0.2) is 9.97 Å². The van der Waals surface area contributed by atoms with Crippen molar-refractivity contribution in [2.75, 3.05) is 20.3 Å².